The third-order valence-electron chi connectivity index (χ3n) is 3.64. The number of nitrogens with zero attached hydrogens (tertiary/aromatic N) is 1. The number of rotatable bonds is 3. The van der Waals surface area contributed by atoms with Gasteiger partial charge in [0.15, 0.2) is 6.04 Å². The van der Waals surface area contributed by atoms with Crippen LogP contribution in [-0.2, 0) is 14.3 Å². The molecule has 1 amide bonds. The maximum Gasteiger partial charge on any atom is 0.310 e. The van der Waals surface area contributed by atoms with Crippen molar-refractivity contribution in [1.82, 2.24) is 0 Å². The predicted molar refractivity (Wildman–Crippen MR) is 61.3 cm³/mol. The lowest BCUT2D eigenvalue weighted by atomic mass is 9.94. The van der Waals surface area contributed by atoms with E-state index in [0.29, 0.717) is 0 Å². The summed E-state index contributed by atoms with van der Waals surface area (Å²) in [6, 6.07) is -0.759. The number of methoxy groups -OCH3 is 1. The molecule has 18 heavy (non-hydrogen) atoms. The molecule has 7 nitrogen and oxygen atoms in total. The van der Waals surface area contributed by atoms with Gasteiger partial charge in [-0.25, -0.2) is 4.79 Å². The summed E-state index contributed by atoms with van der Waals surface area (Å²) in [7, 11) is 4.60. The molecule has 0 aromatic rings. The topological polar surface area (TPSA) is 96.2 Å². The maximum absolute atomic E-state index is 11.6. The molecule has 1 heterocycles. The van der Waals surface area contributed by atoms with Crippen molar-refractivity contribution >= 4 is 5.91 Å². The fourth-order valence-corrected chi connectivity index (χ4v) is 2.16. The molecule has 0 spiro atoms. The number of hydrogen-bond acceptors (Lipinski definition) is 6. The molecule has 1 aliphatic rings. The minimum atomic E-state index is -1.26. The summed E-state index contributed by atoms with van der Waals surface area (Å²) in [5.41, 5.74) is 0. The first-order chi connectivity index (χ1) is 8.27. The average molecular weight is 264 g/mol. The number of carbonyl (C=O) groups excluding carboxylic acids is 1. The lowest BCUT2D eigenvalue weighted by molar-refractivity contribution is -0.856. The second kappa shape index (κ2) is 5.60. The Hall–Kier alpha value is -0.570. The smallest absolute Gasteiger partial charge is 0.310 e. The van der Waals surface area contributed by atoms with Gasteiger partial charge in [0.1, 0.15) is 18.3 Å². The van der Waals surface area contributed by atoms with Gasteiger partial charge in [-0.1, -0.05) is 0 Å². The van der Waals surface area contributed by atoms with Crippen LogP contribution in [0.25, 0.3) is 0 Å². The first kappa shape index (κ1) is 15.5. The molecule has 0 aliphatic carbocycles. The lowest BCUT2D eigenvalue weighted by Gasteiger charge is -2.47. The van der Waals surface area contributed by atoms with E-state index >= 15 is 0 Å². The van der Waals surface area contributed by atoms with Gasteiger partial charge in [-0.3, -0.25) is 4.48 Å². The van der Waals surface area contributed by atoms with Gasteiger partial charge < -0.3 is 24.8 Å². The monoisotopic (exact) mass is 264 g/mol. The Bertz CT molecular complexity index is 306. The van der Waals surface area contributed by atoms with Crippen LogP contribution >= 0.6 is 0 Å². The Balaban J connectivity index is 3.05. The summed E-state index contributed by atoms with van der Waals surface area (Å²) in [6.45, 7) is 0.961. The van der Waals surface area contributed by atoms with Crippen LogP contribution in [0.2, 0.25) is 0 Å². The molecule has 7 heteroatoms. The minimum Gasteiger partial charge on any atom is -0.394 e. The molecule has 5 unspecified atom stereocenters. The van der Waals surface area contributed by atoms with Crippen LogP contribution in [0.1, 0.15) is 6.92 Å². The molecule has 0 radical (unpaired) electrons. The zero-order valence-electron chi connectivity index (χ0n) is 11.1. The number of amides is 1. The quantitative estimate of drug-likeness (QED) is 0.513. The number of hydrogen-bond donors (Lipinski definition) is 3. The number of aliphatic hydroxyl groups is 3. The highest BCUT2D eigenvalue weighted by Gasteiger charge is 2.53. The van der Waals surface area contributed by atoms with E-state index in [9.17, 15) is 15.0 Å². The van der Waals surface area contributed by atoms with E-state index in [4.69, 9.17) is 14.6 Å². The molecule has 5 atom stereocenters. The van der Waals surface area contributed by atoms with Crippen molar-refractivity contribution in [3.05, 3.63) is 0 Å². The van der Waals surface area contributed by atoms with Crippen LogP contribution in [0.3, 0.4) is 0 Å². The fourth-order valence-electron chi connectivity index (χ4n) is 2.16. The third-order valence-corrected chi connectivity index (χ3v) is 3.64. The summed E-state index contributed by atoms with van der Waals surface area (Å²) in [5.74, 6) is -0.195. The zero-order valence-corrected chi connectivity index (χ0v) is 11.1. The van der Waals surface area contributed by atoms with Gasteiger partial charge in [0, 0.05) is 7.11 Å². The molecule has 0 aromatic heterocycles. The average Bonchev–Trinajstić information content (AvgIpc) is 2.31. The van der Waals surface area contributed by atoms with E-state index in [1.807, 2.05) is 0 Å². The summed E-state index contributed by atoms with van der Waals surface area (Å²) >= 11 is 0. The van der Waals surface area contributed by atoms with E-state index in [0.717, 1.165) is 0 Å². The van der Waals surface area contributed by atoms with Crippen LogP contribution in [-0.4, -0.2) is 84.2 Å². The predicted octanol–water partition coefficient (Wildman–Crippen LogP) is -1.94. The van der Waals surface area contributed by atoms with Crippen molar-refractivity contribution in [2.75, 3.05) is 27.8 Å². The van der Waals surface area contributed by atoms with Gasteiger partial charge in [0.25, 0.3) is 0 Å². The molecule has 106 valence electrons. The largest absolute Gasteiger partial charge is 0.394 e. The maximum atomic E-state index is 11.6. The second-order valence-electron chi connectivity index (χ2n) is 4.99. The van der Waals surface area contributed by atoms with Crippen molar-refractivity contribution in [3.63, 3.8) is 0 Å². The van der Waals surface area contributed by atoms with E-state index < -0.39 is 37.3 Å². The first-order valence-corrected chi connectivity index (χ1v) is 5.77. The number of quaternary nitrogens is 1. The van der Waals surface area contributed by atoms with E-state index in [1.165, 1.54) is 14.0 Å². The number of ether oxygens (including phenoxy) is 2. The molecule has 0 saturated carbocycles. The van der Waals surface area contributed by atoms with Gasteiger partial charge >= 0.3 is 5.91 Å². The summed E-state index contributed by atoms with van der Waals surface area (Å²) in [5, 5.41) is 29.1. The van der Waals surface area contributed by atoms with Crippen LogP contribution in [0.4, 0.5) is 0 Å². The molecule has 0 bridgehead atoms. The minimum absolute atomic E-state index is 0.186. The number of aliphatic hydroxyl groups excluding tert-OH is 3. The SMILES string of the molecule is COC1OC(CO)C(O)C(O)C1[N+](C)(C)C(C)=O. The Morgan fingerprint density at radius 1 is 1.33 bits per heavy atom. The van der Waals surface area contributed by atoms with Crippen LogP contribution in [0, 0.1) is 0 Å². The number of likely N-dealkylation sites (N-methyl/N-ethyl adjacent to an activating group) is 1. The molecule has 0 aromatic carbocycles. The summed E-state index contributed by atoms with van der Waals surface area (Å²) in [4.78, 5) is 11.6. The highest BCUT2D eigenvalue weighted by molar-refractivity contribution is 5.65. The molecular weight excluding hydrogens is 242 g/mol. The second-order valence-corrected chi connectivity index (χ2v) is 4.99. The van der Waals surface area contributed by atoms with Crippen LogP contribution < -0.4 is 0 Å². The Kier molecular flexibility index (Phi) is 4.82. The van der Waals surface area contributed by atoms with Gasteiger partial charge in [0.05, 0.1) is 27.6 Å². The molecule has 3 N–H and O–H groups in total. The Morgan fingerprint density at radius 3 is 2.28 bits per heavy atom. The van der Waals surface area contributed by atoms with Crippen molar-refractivity contribution < 1.29 is 34.1 Å². The molecule has 1 fully saturated rings. The molecule has 1 aliphatic heterocycles. The van der Waals surface area contributed by atoms with Gasteiger partial charge in [-0.2, -0.15) is 0 Å². The van der Waals surface area contributed by atoms with Crippen molar-refractivity contribution in [2.24, 2.45) is 0 Å². The molecular formula is C11H22NO6+. The highest BCUT2D eigenvalue weighted by atomic mass is 16.7. The third kappa shape index (κ3) is 2.56. The molecule has 1 saturated heterocycles. The summed E-state index contributed by atoms with van der Waals surface area (Å²) in [6.07, 6.45) is -4.28. The van der Waals surface area contributed by atoms with Crippen LogP contribution in [0.5, 0.6) is 0 Å². The van der Waals surface area contributed by atoms with E-state index in [-0.39, 0.29) is 10.4 Å². The van der Waals surface area contributed by atoms with Crippen molar-refractivity contribution in [1.29, 1.82) is 0 Å². The first-order valence-electron chi connectivity index (χ1n) is 5.77. The standard InChI is InChI=1S/C11H22NO6/c1-6(14)12(2,3)8-10(16)9(15)7(5-13)18-11(8)17-4/h7-11,13,15-16H,5H2,1-4H3/q+1. The van der Waals surface area contributed by atoms with Crippen molar-refractivity contribution in [2.45, 2.75) is 37.6 Å². The van der Waals surface area contributed by atoms with Gasteiger partial charge in [-0.15, -0.1) is 0 Å². The Morgan fingerprint density at radius 2 is 1.89 bits per heavy atom. The number of carbonyl (C=O) groups is 1. The lowest BCUT2D eigenvalue weighted by Crippen LogP contribution is -2.70. The van der Waals surface area contributed by atoms with Crippen LogP contribution in [0.15, 0.2) is 0 Å². The molecule has 1 rings (SSSR count). The van der Waals surface area contributed by atoms with E-state index in [1.54, 1.807) is 14.1 Å². The van der Waals surface area contributed by atoms with E-state index in [2.05, 4.69) is 0 Å². The zero-order chi connectivity index (χ0) is 14.1. The fraction of sp³-hybridized carbons (Fsp3) is 0.909. The van der Waals surface area contributed by atoms with Gasteiger partial charge in [-0.05, 0) is 0 Å². The van der Waals surface area contributed by atoms with Crippen molar-refractivity contribution in [3.8, 4) is 0 Å². The van der Waals surface area contributed by atoms with Gasteiger partial charge in [0.2, 0.25) is 6.29 Å². The Labute approximate surface area is 106 Å². The highest BCUT2D eigenvalue weighted by Crippen LogP contribution is 2.28. The normalized spacial score (nSPS) is 37.6. The summed E-state index contributed by atoms with van der Waals surface area (Å²) < 4.78 is 10.3.